The van der Waals surface area contributed by atoms with Crippen molar-refractivity contribution in [3.05, 3.63) is 17.5 Å². The Morgan fingerprint density at radius 3 is 2.48 bits per heavy atom. The number of carbonyl (C=O) groups is 2. The van der Waals surface area contributed by atoms with Gasteiger partial charge >= 0.3 is 12.0 Å². The Labute approximate surface area is 123 Å². The molecule has 6 heteroatoms. The van der Waals surface area contributed by atoms with Gasteiger partial charge in [-0.25, -0.2) is 9.59 Å². The number of rotatable bonds is 6. The second kappa shape index (κ2) is 5.42. The molecule has 2 aliphatic rings. The summed E-state index contributed by atoms with van der Waals surface area (Å²) < 4.78 is 0. The van der Waals surface area contributed by atoms with Crippen molar-refractivity contribution in [2.45, 2.75) is 32.6 Å². The van der Waals surface area contributed by atoms with Gasteiger partial charge < -0.3 is 20.7 Å². The van der Waals surface area contributed by atoms with E-state index < -0.39 is 5.97 Å². The van der Waals surface area contributed by atoms with Crippen LogP contribution in [0.1, 0.15) is 41.9 Å². The minimum absolute atomic E-state index is 0.0172. The van der Waals surface area contributed by atoms with Gasteiger partial charge in [0.05, 0.1) is 5.69 Å². The van der Waals surface area contributed by atoms with Crippen LogP contribution in [0.3, 0.4) is 0 Å². The third-order valence-corrected chi connectivity index (χ3v) is 4.37. The summed E-state index contributed by atoms with van der Waals surface area (Å²) in [7, 11) is 0. The average molecular weight is 291 g/mol. The molecule has 0 radical (unpaired) electrons. The van der Waals surface area contributed by atoms with E-state index in [1.807, 2.05) is 0 Å². The van der Waals surface area contributed by atoms with Crippen LogP contribution in [0.4, 0.5) is 10.5 Å². The van der Waals surface area contributed by atoms with Gasteiger partial charge in [0, 0.05) is 12.2 Å². The maximum Gasteiger partial charge on any atom is 0.354 e. The maximum absolute atomic E-state index is 12.0. The second-order valence-electron chi connectivity index (χ2n) is 6.22. The quantitative estimate of drug-likeness (QED) is 0.649. The number of aryl methyl sites for hydroxylation is 1. The van der Waals surface area contributed by atoms with Crippen LogP contribution in [0.25, 0.3) is 0 Å². The van der Waals surface area contributed by atoms with E-state index in [2.05, 4.69) is 15.6 Å². The number of nitrogens with one attached hydrogen (secondary N) is 3. The lowest BCUT2D eigenvalue weighted by Gasteiger charge is -2.16. The molecule has 0 aliphatic heterocycles. The smallest absolute Gasteiger partial charge is 0.354 e. The molecular formula is C15H21N3O3. The molecule has 6 nitrogen and oxygen atoms in total. The van der Waals surface area contributed by atoms with Crippen LogP contribution in [0.15, 0.2) is 6.07 Å². The Hall–Kier alpha value is -1.98. The van der Waals surface area contributed by atoms with Gasteiger partial charge in [-0.3, -0.25) is 0 Å². The first kappa shape index (κ1) is 14.0. The third-order valence-electron chi connectivity index (χ3n) is 4.37. The number of carbonyl (C=O) groups excluding carboxylic acids is 1. The Morgan fingerprint density at radius 2 is 1.95 bits per heavy atom. The second-order valence-corrected chi connectivity index (χ2v) is 6.22. The fourth-order valence-electron chi connectivity index (χ4n) is 3.00. The van der Waals surface area contributed by atoms with Crippen LogP contribution in [-0.2, 0) is 0 Å². The molecule has 3 rings (SSSR count). The van der Waals surface area contributed by atoms with E-state index >= 15 is 0 Å². The van der Waals surface area contributed by atoms with Gasteiger partial charge in [-0.1, -0.05) is 0 Å². The number of H-pyrrole nitrogens is 1. The zero-order chi connectivity index (χ0) is 15.0. The van der Waals surface area contributed by atoms with Crippen LogP contribution in [-0.4, -0.2) is 28.6 Å². The van der Waals surface area contributed by atoms with Crippen molar-refractivity contribution in [2.75, 3.05) is 11.9 Å². The summed E-state index contributed by atoms with van der Waals surface area (Å²) in [5.41, 5.74) is 1.03. The SMILES string of the molecule is Cc1cc(NC(=O)NCC(C2CC2)C2CC2)c(C(=O)O)[nH]1. The lowest BCUT2D eigenvalue weighted by Crippen LogP contribution is -2.34. The topological polar surface area (TPSA) is 94.2 Å². The number of hydrogen-bond donors (Lipinski definition) is 4. The number of aromatic carboxylic acids is 1. The number of amides is 2. The molecule has 1 aromatic heterocycles. The van der Waals surface area contributed by atoms with E-state index in [1.165, 1.54) is 25.7 Å². The van der Waals surface area contributed by atoms with Crippen LogP contribution < -0.4 is 10.6 Å². The van der Waals surface area contributed by atoms with Crippen molar-refractivity contribution in [3.63, 3.8) is 0 Å². The largest absolute Gasteiger partial charge is 0.477 e. The standard InChI is InChI=1S/C15H21N3O3/c1-8-6-12(13(17-8)14(19)20)18-15(21)16-7-11(9-2-3-9)10-4-5-10/h6,9-11,17H,2-5,7H2,1H3,(H,19,20)(H2,16,18,21). The monoisotopic (exact) mass is 291 g/mol. The highest BCUT2D eigenvalue weighted by Gasteiger charge is 2.41. The number of aromatic amines is 1. The van der Waals surface area contributed by atoms with E-state index in [1.54, 1.807) is 13.0 Å². The third kappa shape index (κ3) is 3.37. The lowest BCUT2D eigenvalue weighted by atomic mass is 9.98. The van der Waals surface area contributed by atoms with E-state index in [0.29, 0.717) is 23.8 Å². The van der Waals surface area contributed by atoms with Gasteiger partial charge in [0.15, 0.2) is 0 Å². The number of carboxylic acids is 1. The van der Waals surface area contributed by atoms with Crippen molar-refractivity contribution in [1.82, 2.24) is 10.3 Å². The van der Waals surface area contributed by atoms with E-state index in [4.69, 9.17) is 5.11 Å². The first-order chi connectivity index (χ1) is 10.0. The highest BCUT2D eigenvalue weighted by atomic mass is 16.4. The van der Waals surface area contributed by atoms with Gasteiger partial charge in [0.1, 0.15) is 5.69 Å². The van der Waals surface area contributed by atoms with Gasteiger partial charge in [-0.2, -0.15) is 0 Å². The molecule has 21 heavy (non-hydrogen) atoms. The lowest BCUT2D eigenvalue weighted by molar-refractivity contribution is 0.0692. The van der Waals surface area contributed by atoms with Gasteiger partial charge in [-0.05, 0) is 56.4 Å². The minimum atomic E-state index is -1.08. The summed E-state index contributed by atoms with van der Waals surface area (Å²) >= 11 is 0. The maximum atomic E-state index is 12.0. The number of hydrogen-bond acceptors (Lipinski definition) is 2. The highest BCUT2D eigenvalue weighted by molar-refractivity contribution is 5.99. The van der Waals surface area contributed by atoms with Crippen molar-refractivity contribution in [1.29, 1.82) is 0 Å². The molecule has 2 amide bonds. The molecule has 0 spiro atoms. The predicted molar refractivity (Wildman–Crippen MR) is 78.4 cm³/mol. The van der Waals surface area contributed by atoms with Crippen LogP contribution in [0, 0.1) is 24.7 Å². The summed E-state index contributed by atoms with van der Waals surface area (Å²) in [5, 5.41) is 14.6. The van der Waals surface area contributed by atoms with Crippen molar-refractivity contribution >= 4 is 17.7 Å². The van der Waals surface area contributed by atoms with E-state index in [-0.39, 0.29) is 11.7 Å². The Balaban J connectivity index is 1.55. The summed E-state index contributed by atoms with van der Waals surface area (Å²) in [6.45, 7) is 2.44. The molecule has 4 N–H and O–H groups in total. The minimum Gasteiger partial charge on any atom is -0.477 e. The summed E-state index contributed by atoms with van der Waals surface area (Å²) in [5.74, 6) is 1.08. The molecule has 0 saturated heterocycles. The molecule has 0 aromatic carbocycles. The fourth-order valence-corrected chi connectivity index (χ4v) is 3.00. The first-order valence-corrected chi connectivity index (χ1v) is 7.52. The van der Waals surface area contributed by atoms with Gasteiger partial charge in [-0.15, -0.1) is 0 Å². The molecule has 0 unspecified atom stereocenters. The molecule has 1 heterocycles. The molecular weight excluding hydrogens is 270 g/mol. The summed E-state index contributed by atoms with van der Waals surface area (Å²) in [6.07, 6.45) is 5.13. The van der Waals surface area contributed by atoms with Crippen molar-refractivity contribution in [2.24, 2.45) is 17.8 Å². The van der Waals surface area contributed by atoms with Crippen LogP contribution in [0.5, 0.6) is 0 Å². The molecule has 0 atom stereocenters. The molecule has 2 saturated carbocycles. The number of urea groups is 1. The molecule has 2 aliphatic carbocycles. The predicted octanol–water partition coefficient (Wildman–Crippen LogP) is 2.58. The van der Waals surface area contributed by atoms with Crippen LogP contribution in [0.2, 0.25) is 0 Å². The van der Waals surface area contributed by atoms with Crippen molar-refractivity contribution < 1.29 is 14.7 Å². The van der Waals surface area contributed by atoms with Gasteiger partial charge in [0.25, 0.3) is 0 Å². The molecule has 114 valence electrons. The molecule has 2 fully saturated rings. The number of aromatic nitrogens is 1. The van der Waals surface area contributed by atoms with E-state index in [9.17, 15) is 9.59 Å². The van der Waals surface area contributed by atoms with E-state index in [0.717, 1.165) is 11.8 Å². The Kier molecular flexibility index (Phi) is 3.61. The first-order valence-electron chi connectivity index (χ1n) is 7.52. The Bertz CT molecular complexity index is 547. The van der Waals surface area contributed by atoms with Crippen molar-refractivity contribution in [3.8, 4) is 0 Å². The number of carboxylic acid groups (broad SMARTS) is 1. The Morgan fingerprint density at radius 1 is 1.33 bits per heavy atom. The normalized spacial score (nSPS) is 17.8. The zero-order valence-corrected chi connectivity index (χ0v) is 12.1. The fraction of sp³-hybridized carbons (Fsp3) is 0.600. The zero-order valence-electron chi connectivity index (χ0n) is 12.1. The molecule has 0 bridgehead atoms. The molecule has 1 aromatic rings. The average Bonchev–Trinajstić information content (AvgIpc) is 3.30. The van der Waals surface area contributed by atoms with Crippen LogP contribution >= 0.6 is 0 Å². The summed E-state index contributed by atoms with van der Waals surface area (Å²) in [4.78, 5) is 25.8. The summed E-state index contributed by atoms with van der Waals surface area (Å²) in [6, 6.07) is 1.30. The number of anilines is 1. The van der Waals surface area contributed by atoms with Gasteiger partial charge in [0.2, 0.25) is 0 Å². The highest BCUT2D eigenvalue weighted by Crippen LogP contribution is 2.48.